The van der Waals surface area contributed by atoms with Crippen molar-refractivity contribution in [2.75, 3.05) is 6.54 Å². The predicted octanol–water partition coefficient (Wildman–Crippen LogP) is 5.54. The zero-order valence-corrected chi connectivity index (χ0v) is 22.7. The number of thioether (sulfide) groups is 1. The predicted molar refractivity (Wildman–Crippen MR) is 148 cm³/mol. The SMILES string of the molecule is Cc1ccc(C(=O)CN2C(=O)S/C(=C\c3cn(CC(=O)NCc4ccco4)c4ccc(Br)cc34)C2=O)cc1. The van der Waals surface area contributed by atoms with Gasteiger partial charge in [-0.2, -0.15) is 0 Å². The van der Waals surface area contributed by atoms with E-state index < -0.39 is 11.1 Å². The maximum atomic E-state index is 13.1. The summed E-state index contributed by atoms with van der Waals surface area (Å²) in [6.45, 7) is 1.92. The molecule has 5 rings (SSSR count). The Bertz CT molecular complexity index is 1590. The fourth-order valence-corrected chi connectivity index (χ4v) is 5.29. The minimum absolute atomic E-state index is 0.0548. The van der Waals surface area contributed by atoms with Gasteiger partial charge in [0, 0.05) is 32.7 Å². The largest absolute Gasteiger partial charge is 0.467 e. The molecular weight excluding hydrogens is 570 g/mol. The second-order valence-electron chi connectivity index (χ2n) is 8.79. The molecule has 0 saturated carbocycles. The van der Waals surface area contributed by atoms with Crippen molar-refractivity contribution >= 4 is 67.5 Å². The van der Waals surface area contributed by atoms with Crippen LogP contribution in [0.1, 0.15) is 27.2 Å². The number of carbonyl (C=O) groups excluding carboxylic acids is 4. The Morgan fingerprint density at radius 1 is 1.08 bits per heavy atom. The van der Waals surface area contributed by atoms with Crippen molar-refractivity contribution in [3.8, 4) is 0 Å². The number of fused-ring (bicyclic) bond motifs is 1. The van der Waals surface area contributed by atoms with E-state index in [1.54, 1.807) is 47.4 Å². The van der Waals surface area contributed by atoms with Gasteiger partial charge in [0.25, 0.3) is 11.1 Å². The molecule has 0 unspecified atom stereocenters. The molecule has 1 aliphatic rings. The van der Waals surface area contributed by atoms with Gasteiger partial charge in [-0.3, -0.25) is 24.1 Å². The fourth-order valence-electron chi connectivity index (χ4n) is 4.10. The lowest BCUT2D eigenvalue weighted by Gasteiger charge is -2.11. The summed E-state index contributed by atoms with van der Waals surface area (Å²) in [7, 11) is 0. The summed E-state index contributed by atoms with van der Waals surface area (Å²) >= 11 is 4.27. The molecule has 0 radical (unpaired) electrons. The number of halogens is 1. The standard InChI is InChI=1S/C28H22BrN3O5S/c1-17-4-6-18(7-5-17)24(33)15-32-27(35)25(38-28(32)36)11-19-14-31(23-9-8-20(29)12-22(19)23)16-26(34)30-13-21-3-2-10-37-21/h2-12,14H,13,15-16H2,1H3,(H,30,34)/b25-11-. The zero-order chi connectivity index (χ0) is 26.8. The van der Waals surface area contributed by atoms with Crippen molar-refractivity contribution < 1.29 is 23.6 Å². The number of hydrogen-bond acceptors (Lipinski definition) is 6. The molecular formula is C28H22BrN3O5S. The summed E-state index contributed by atoms with van der Waals surface area (Å²) in [5.74, 6) is -0.387. The van der Waals surface area contributed by atoms with Crippen LogP contribution in [0.15, 0.2) is 80.9 Å². The van der Waals surface area contributed by atoms with Crippen LogP contribution in [-0.4, -0.2) is 38.8 Å². The number of nitrogens with one attached hydrogen (secondary N) is 1. The molecule has 192 valence electrons. The normalized spacial score (nSPS) is 14.6. The van der Waals surface area contributed by atoms with Gasteiger partial charge in [0.1, 0.15) is 12.3 Å². The number of hydrogen-bond donors (Lipinski definition) is 1. The molecule has 0 bridgehead atoms. The van der Waals surface area contributed by atoms with Crippen LogP contribution in [0, 0.1) is 6.92 Å². The van der Waals surface area contributed by atoms with Crippen molar-refractivity contribution in [3.63, 3.8) is 0 Å². The molecule has 4 aromatic rings. The summed E-state index contributed by atoms with van der Waals surface area (Å²) in [5.41, 5.74) is 2.92. The molecule has 38 heavy (non-hydrogen) atoms. The number of imide groups is 1. The second kappa shape index (κ2) is 10.8. The highest BCUT2D eigenvalue weighted by Gasteiger charge is 2.36. The zero-order valence-electron chi connectivity index (χ0n) is 20.3. The summed E-state index contributed by atoms with van der Waals surface area (Å²) in [4.78, 5) is 52.2. The molecule has 0 spiro atoms. The van der Waals surface area contributed by atoms with Gasteiger partial charge in [-0.25, -0.2) is 0 Å². The van der Waals surface area contributed by atoms with E-state index in [-0.39, 0.29) is 36.2 Å². The highest BCUT2D eigenvalue weighted by molar-refractivity contribution is 9.10. The van der Waals surface area contributed by atoms with Crippen LogP contribution in [0.3, 0.4) is 0 Å². The molecule has 10 heteroatoms. The smallest absolute Gasteiger partial charge is 0.293 e. The Balaban J connectivity index is 1.37. The molecule has 1 saturated heterocycles. The van der Waals surface area contributed by atoms with E-state index in [9.17, 15) is 19.2 Å². The van der Waals surface area contributed by atoms with Gasteiger partial charge in [-0.15, -0.1) is 0 Å². The number of aromatic nitrogens is 1. The van der Waals surface area contributed by atoms with E-state index in [0.717, 1.165) is 37.6 Å². The van der Waals surface area contributed by atoms with Crippen LogP contribution in [-0.2, 0) is 22.7 Å². The molecule has 3 heterocycles. The topological polar surface area (TPSA) is 102 Å². The molecule has 1 aliphatic heterocycles. The van der Waals surface area contributed by atoms with Crippen molar-refractivity contribution in [2.24, 2.45) is 0 Å². The first kappa shape index (κ1) is 25.7. The Morgan fingerprint density at radius 2 is 1.87 bits per heavy atom. The van der Waals surface area contributed by atoms with E-state index in [0.29, 0.717) is 16.9 Å². The Labute approximate surface area is 230 Å². The van der Waals surface area contributed by atoms with Crippen molar-refractivity contribution in [2.45, 2.75) is 20.0 Å². The third-order valence-corrected chi connectivity index (χ3v) is 7.46. The lowest BCUT2D eigenvalue weighted by molar-refractivity contribution is -0.123. The average Bonchev–Trinajstić information content (AvgIpc) is 3.59. The summed E-state index contributed by atoms with van der Waals surface area (Å²) in [6.07, 6.45) is 4.95. The molecule has 2 aromatic heterocycles. The van der Waals surface area contributed by atoms with Gasteiger partial charge >= 0.3 is 0 Å². The quantitative estimate of drug-likeness (QED) is 0.213. The molecule has 3 amide bonds. The Kier molecular flexibility index (Phi) is 7.35. The maximum absolute atomic E-state index is 13.1. The summed E-state index contributed by atoms with van der Waals surface area (Å²) in [6, 6.07) is 16.2. The van der Waals surface area contributed by atoms with Crippen molar-refractivity contribution in [1.29, 1.82) is 0 Å². The van der Waals surface area contributed by atoms with Gasteiger partial charge in [-0.1, -0.05) is 45.8 Å². The minimum atomic E-state index is -0.521. The fraction of sp³-hybridized carbons (Fsp3) is 0.143. The van der Waals surface area contributed by atoms with Crippen LogP contribution >= 0.6 is 27.7 Å². The second-order valence-corrected chi connectivity index (χ2v) is 10.7. The first-order valence-corrected chi connectivity index (χ1v) is 13.3. The average molecular weight is 592 g/mol. The van der Waals surface area contributed by atoms with Crippen LogP contribution in [0.5, 0.6) is 0 Å². The van der Waals surface area contributed by atoms with Gasteiger partial charge < -0.3 is 14.3 Å². The highest BCUT2D eigenvalue weighted by atomic mass is 79.9. The first-order chi connectivity index (χ1) is 18.3. The van der Waals surface area contributed by atoms with Crippen molar-refractivity contribution in [1.82, 2.24) is 14.8 Å². The van der Waals surface area contributed by atoms with E-state index in [1.807, 2.05) is 37.3 Å². The number of ketones is 1. The van der Waals surface area contributed by atoms with Gasteiger partial charge in [0.05, 0.1) is 24.3 Å². The van der Waals surface area contributed by atoms with Gasteiger partial charge in [-0.05, 0) is 55.1 Å². The minimum Gasteiger partial charge on any atom is -0.467 e. The van der Waals surface area contributed by atoms with E-state index in [1.165, 1.54) is 0 Å². The van der Waals surface area contributed by atoms with Crippen LogP contribution in [0.2, 0.25) is 0 Å². The number of furan rings is 1. The molecule has 0 atom stereocenters. The highest BCUT2D eigenvalue weighted by Crippen LogP contribution is 2.35. The summed E-state index contributed by atoms with van der Waals surface area (Å²) < 4.78 is 7.87. The Morgan fingerprint density at radius 3 is 2.61 bits per heavy atom. The maximum Gasteiger partial charge on any atom is 0.293 e. The third-order valence-electron chi connectivity index (χ3n) is 6.06. The molecule has 1 fully saturated rings. The van der Waals surface area contributed by atoms with Crippen LogP contribution < -0.4 is 5.32 Å². The van der Waals surface area contributed by atoms with Gasteiger partial charge in [0.2, 0.25) is 5.91 Å². The molecule has 2 aromatic carbocycles. The number of carbonyl (C=O) groups is 4. The number of nitrogens with zero attached hydrogens (tertiary/aromatic N) is 2. The van der Waals surface area contributed by atoms with Crippen LogP contribution in [0.4, 0.5) is 4.79 Å². The van der Waals surface area contributed by atoms with Crippen LogP contribution in [0.25, 0.3) is 17.0 Å². The number of aryl methyl sites for hydroxylation is 1. The van der Waals surface area contributed by atoms with E-state index in [2.05, 4.69) is 21.2 Å². The molecule has 1 N–H and O–H groups in total. The molecule has 0 aliphatic carbocycles. The summed E-state index contributed by atoms with van der Waals surface area (Å²) in [5, 5.41) is 3.14. The van der Waals surface area contributed by atoms with E-state index >= 15 is 0 Å². The number of rotatable bonds is 8. The third kappa shape index (κ3) is 5.51. The first-order valence-electron chi connectivity index (χ1n) is 11.7. The lowest BCUT2D eigenvalue weighted by Crippen LogP contribution is -2.33. The molecule has 8 nitrogen and oxygen atoms in total. The Hall–Kier alpha value is -3.89. The number of benzene rings is 2. The number of Topliss-reactive ketones (excluding diaryl/α,β-unsaturated/α-hetero) is 1. The van der Waals surface area contributed by atoms with Gasteiger partial charge in [0.15, 0.2) is 5.78 Å². The van der Waals surface area contributed by atoms with Crippen molar-refractivity contribution in [3.05, 3.63) is 98.9 Å². The lowest BCUT2D eigenvalue weighted by atomic mass is 10.1. The number of amides is 3. The monoisotopic (exact) mass is 591 g/mol. The van der Waals surface area contributed by atoms with E-state index in [4.69, 9.17) is 4.42 Å².